The molecule has 0 amide bonds. The Kier molecular flexibility index (Phi) is 40.2. The predicted molar refractivity (Wildman–Crippen MR) is 23.2 cm³/mol. The van der Waals surface area contributed by atoms with Crippen LogP contribution in [0.15, 0.2) is 17.5 Å². The fourth-order valence-corrected chi connectivity index (χ4v) is 0.589. The largest absolute Gasteiger partial charge is 4.00 e. The molecule has 9 heavy (non-hydrogen) atoms. The molecule has 0 atom stereocenters. The van der Waals surface area contributed by atoms with Crippen molar-refractivity contribution in [3.05, 3.63) is 22.9 Å². The number of hydrogen-bond acceptors (Lipinski definition) is 1. The average molecular weight is 237 g/mol. The quantitative estimate of drug-likeness (QED) is 0.311. The molecule has 0 nitrogen and oxygen atoms in total. The standard InChI is InChI=1S/C4H3S.3ClH.Ti/c1-2-4-5-3-1;;;;/h1-3H;3*1H;/q-1;;;;+4/p-3. The molecule has 1 heterocycles. The van der Waals surface area contributed by atoms with Crippen LogP contribution in [0.1, 0.15) is 0 Å². The number of thiophene rings is 1. The summed E-state index contributed by atoms with van der Waals surface area (Å²) in [5.41, 5.74) is 0. The van der Waals surface area contributed by atoms with E-state index in [1.54, 1.807) is 11.3 Å². The summed E-state index contributed by atoms with van der Waals surface area (Å²) in [6.45, 7) is 0. The van der Waals surface area contributed by atoms with Gasteiger partial charge in [0.05, 0.1) is 0 Å². The summed E-state index contributed by atoms with van der Waals surface area (Å²) in [4.78, 5) is 0. The van der Waals surface area contributed by atoms with Crippen LogP contribution in [-0.2, 0) is 21.7 Å². The minimum absolute atomic E-state index is 0. The average Bonchev–Trinajstić information content (AvgIpc) is 1.76. The third-order valence-corrected chi connectivity index (χ3v) is 0.944. The SMILES string of the molecule is [Cl-].[Cl-].[Cl-].[Ti+4].[c-]1cccs1. The zero-order valence-corrected chi connectivity index (χ0v) is 8.92. The van der Waals surface area contributed by atoms with Crippen LogP contribution in [0.4, 0.5) is 0 Å². The first kappa shape index (κ1) is 22.4. The van der Waals surface area contributed by atoms with Gasteiger partial charge in [-0.3, -0.25) is 0 Å². The van der Waals surface area contributed by atoms with Gasteiger partial charge in [0.2, 0.25) is 0 Å². The molecule has 0 spiro atoms. The second kappa shape index (κ2) is 16.1. The fraction of sp³-hybridized carbons (Fsp3) is 0. The molecule has 1 aromatic rings. The van der Waals surface area contributed by atoms with Crippen LogP contribution in [-0.4, -0.2) is 0 Å². The molecule has 0 unspecified atom stereocenters. The van der Waals surface area contributed by atoms with E-state index < -0.39 is 0 Å². The fourth-order valence-electron chi connectivity index (χ4n) is 0.196. The van der Waals surface area contributed by atoms with Crippen molar-refractivity contribution in [3.8, 4) is 0 Å². The van der Waals surface area contributed by atoms with E-state index in [9.17, 15) is 0 Å². The molecular formula is C4H3Cl3STi. The number of halogens is 3. The van der Waals surface area contributed by atoms with Crippen molar-refractivity contribution in [1.29, 1.82) is 0 Å². The molecule has 1 aromatic heterocycles. The maximum atomic E-state index is 2.90. The first-order valence-electron chi connectivity index (χ1n) is 1.40. The Labute approximate surface area is 92.5 Å². The van der Waals surface area contributed by atoms with Crippen LogP contribution in [0.25, 0.3) is 0 Å². The maximum absolute atomic E-state index is 2.90. The molecule has 0 aliphatic heterocycles. The van der Waals surface area contributed by atoms with Crippen LogP contribution >= 0.6 is 11.3 Å². The molecule has 0 fully saturated rings. The third kappa shape index (κ3) is 12.5. The monoisotopic (exact) mass is 236 g/mol. The van der Waals surface area contributed by atoms with E-state index in [2.05, 4.69) is 5.38 Å². The van der Waals surface area contributed by atoms with Crippen molar-refractivity contribution in [1.82, 2.24) is 0 Å². The zero-order valence-electron chi connectivity index (χ0n) is 4.27. The van der Waals surface area contributed by atoms with E-state index in [0.717, 1.165) is 0 Å². The van der Waals surface area contributed by atoms with Gasteiger partial charge in [-0.1, -0.05) is 0 Å². The maximum Gasteiger partial charge on any atom is 4.00 e. The van der Waals surface area contributed by atoms with Gasteiger partial charge in [-0.15, -0.1) is 5.38 Å². The van der Waals surface area contributed by atoms with E-state index in [1.165, 1.54) is 0 Å². The minimum Gasteiger partial charge on any atom is -1.00 e. The Morgan fingerprint density at radius 3 is 1.78 bits per heavy atom. The van der Waals surface area contributed by atoms with E-state index in [4.69, 9.17) is 0 Å². The van der Waals surface area contributed by atoms with E-state index in [-0.39, 0.29) is 58.9 Å². The molecule has 0 aliphatic carbocycles. The molecular weight excluding hydrogens is 234 g/mol. The van der Waals surface area contributed by atoms with Gasteiger partial charge in [-0.2, -0.15) is 11.4 Å². The Morgan fingerprint density at radius 2 is 1.67 bits per heavy atom. The van der Waals surface area contributed by atoms with Gasteiger partial charge in [-0.05, 0) is 0 Å². The van der Waals surface area contributed by atoms with Crippen molar-refractivity contribution in [2.24, 2.45) is 0 Å². The predicted octanol–water partition coefficient (Wildman–Crippen LogP) is -7.44. The minimum atomic E-state index is 0. The molecule has 50 valence electrons. The number of rotatable bonds is 0. The van der Waals surface area contributed by atoms with Crippen molar-refractivity contribution >= 4 is 11.3 Å². The molecule has 0 N–H and O–H groups in total. The van der Waals surface area contributed by atoms with E-state index in [0.29, 0.717) is 0 Å². The molecule has 0 aliphatic rings. The van der Waals surface area contributed by atoms with Crippen molar-refractivity contribution in [3.63, 3.8) is 0 Å². The summed E-state index contributed by atoms with van der Waals surface area (Å²) >= 11 is 1.59. The molecule has 0 radical (unpaired) electrons. The normalized spacial score (nSPS) is 4.44. The first-order chi connectivity index (χ1) is 2.50. The van der Waals surface area contributed by atoms with Crippen LogP contribution in [0, 0.1) is 5.38 Å². The van der Waals surface area contributed by atoms with Crippen LogP contribution in [0.5, 0.6) is 0 Å². The smallest absolute Gasteiger partial charge is 1.00 e. The van der Waals surface area contributed by atoms with Crippen molar-refractivity contribution in [2.75, 3.05) is 0 Å². The van der Waals surface area contributed by atoms with E-state index >= 15 is 0 Å². The topological polar surface area (TPSA) is 0 Å². The van der Waals surface area contributed by atoms with Crippen molar-refractivity contribution in [2.45, 2.75) is 0 Å². The van der Waals surface area contributed by atoms with Crippen LogP contribution in [0.3, 0.4) is 0 Å². The van der Waals surface area contributed by atoms with E-state index in [1.807, 2.05) is 17.5 Å². The second-order valence-electron chi connectivity index (χ2n) is 0.731. The summed E-state index contributed by atoms with van der Waals surface area (Å²) in [5.74, 6) is 0. The second-order valence-corrected chi connectivity index (χ2v) is 1.47. The molecule has 1 rings (SSSR count). The molecule has 0 aromatic carbocycles. The summed E-state index contributed by atoms with van der Waals surface area (Å²) in [7, 11) is 0. The Balaban J connectivity index is -0.0000000312. The molecule has 0 saturated carbocycles. The zero-order chi connectivity index (χ0) is 3.54. The first-order valence-corrected chi connectivity index (χ1v) is 2.27. The van der Waals surface area contributed by atoms with Gasteiger partial charge >= 0.3 is 21.7 Å². The summed E-state index contributed by atoms with van der Waals surface area (Å²) in [5, 5.41) is 4.89. The van der Waals surface area contributed by atoms with Crippen molar-refractivity contribution < 1.29 is 58.9 Å². The van der Waals surface area contributed by atoms with Crippen LogP contribution < -0.4 is 37.2 Å². The Hall–Kier alpha value is 1.28. The van der Waals surface area contributed by atoms with Gasteiger partial charge in [0.1, 0.15) is 0 Å². The Morgan fingerprint density at radius 1 is 1.11 bits per heavy atom. The summed E-state index contributed by atoms with van der Waals surface area (Å²) < 4.78 is 0. The third-order valence-electron chi connectivity index (χ3n) is 0.379. The Bertz CT molecular complexity index is 72.3. The van der Waals surface area contributed by atoms with Gasteiger partial charge < -0.3 is 48.6 Å². The molecule has 0 bridgehead atoms. The number of hydrogen-bond donors (Lipinski definition) is 0. The van der Waals surface area contributed by atoms with Gasteiger partial charge in [0.25, 0.3) is 0 Å². The van der Waals surface area contributed by atoms with Gasteiger partial charge in [0, 0.05) is 0 Å². The van der Waals surface area contributed by atoms with Gasteiger partial charge in [-0.25, -0.2) is 6.07 Å². The summed E-state index contributed by atoms with van der Waals surface area (Å²) in [6.07, 6.45) is 0. The molecule has 0 saturated heterocycles. The van der Waals surface area contributed by atoms with Gasteiger partial charge in [0.15, 0.2) is 0 Å². The summed E-state index contributed by atoms with van der Waals surface area (Å²) in [6, 6.07) is 3.86. The van der Waals surface area contributed by atoms with Crippen LogP contribution in [0.2, 0.25) is 0 Å². The molecule has 5 heteroatoms.